The van der Waals surface area contributed by atoms with Gasteiger partial charge in [-0.25, -0.2) is 0 Å². The second-order valence-corrected chi connectivity index (χ2v) is 14.7. The molecule has 0 bridgehead atoms. The maximum atomic E-state index is 5.67. The number of aryl methyl sites for hydroxylation is 2. The molecule has 1 aromatic heterocycles. The molecule has 5 aromatic rings. The minimum atomic E-state index is 0. The monoisotopic (exact) mass is 790 g/mol. The number of nitrogens with zero attached hydrogens (tertiary/aromatic N) is 3. The van der Waals surface area contributed by atoms with Crippen molar-refractivity contribution in [2.24, 2.45) is 9.98 Å². The maximum Gasteiger partial charge on any atom is 2.00 e. The average Bonchev–Trinajstić information content (AvgIpc) is 3.12. The van der Waals surface area contributed by atoms with Crippen molar-refractivity contribution >= 4 is 22.8 Å². The Labute approximate surface area is 342 Å². The summed E-state index contributed by atoms with van der Waals surface area (Å²) >= 11 is 0. The van der Waals surface area contributed by atoms with Crippen molar-refractivity contribution in [2.45, 2.75) is 105 Å². The zero-order chi connectivity index (χ0) is 35.6. The van der Waals surface area contributed by atoms with Crippen molar-refractivity contribution < 1.29 is 41.6 Å². The van der Waals surface area contributed by atoms with Gasteiger partial charge in [-0.1, -0.05) is 152 Å². The number of aromatic nitrogens is 1. The van der Waals surface area contributed by atoms with Crippen LogP contribution in [0.1, 0.15) is 137 Å². The quantitative estimate of drug-likeness (QED) is 0.111. The minimum absolute atomic E-state index is 0. The molecule has 0 atom stereocenters. The normalized spacial score (nSPS) is 11.8. The van der Waals surface area contributed by atoms with Crippen LogP contribution in [0.4, 0.5) is 11.4 Å². The number of pyridine rings is 1. The molecular weight excluding hydrogens is 736 g/mol. The van der Waals surface area contributed by atoms with Crippen LogP contribution in [0.15, 0.2) is 125 Å². The number of rotatable bonds is 14. The van der Waals surface area contributed by atoms with Gasteiger partial charge >= 0.3 is 16.8 Å². The van der Waals surface area contributed by atoms with Crippen LogP contribution in [-0.4, -0.2) is 16.4 Å². The Morgan fingerprint density at radius 1 is 0.472 bits per heavy atom. The van der Waals surface area contributed by atoms with Crippen LogP contribution < -0.4 is 24.8 Å². The van der Waals surface area contributed by atoms with E-state index in [0.717, 1.165) is 59.7 Å². The fourth-order valence-corrected chi connectivity index (χ4v) is 6.71. The van der Waals surface area contributed by atoms with Crippen molar-refractivity contribution in [3.8, 4) is 0 Å². The third kappa shape index (κ3) is 12.0. The molecular formula is C47H55Cl2CoN3. The van der Waals surface area contributed by atoms with Gasteiger partial charge in [-0.2, -0.15) is 0 Å². The van der Waals surface area contributed by atoms with Gasteiger partial charge in [0.05, 0.1) is 28.5 Å². The second-order valence-electron chi connectivity index (χ2n) is 14.7. The number of para-hydroxylation sites is 2. The molecule has 1 heterocycles. The Morgan fingerprint density at radius 2 is 0.849 bits per heavy atom. The van der Waals surface area contributed by atoms with Gasteiger partial charge in [0.25, 0.3) is 0 Å². The summed E-state index contributed by atoms with van der Waals surface area (Å²) in [5.41, 5.74) is 14.0. The van der Waals surface area contributed by atoms with E-state index in [1.807, 2.05) is 6.20 Å². The summed E-state index contributed by atoms with van der Waals surface area (Å²) in [7, 11) is 0. The van der Waals surface area contributed by atoms with E-state index in [2.05, 4.69) is 165 Å². The first-order chi connectivity index (χ1) is 24.1. The summed E-state index contributed by atoms with van der Waals surface area (Å²) in [5.74, 6) is 1.38. The summed E-state index contributed by atoms with van der Waals surface area (Å²) in [6.45, 7) is 18.1. The molecule has 0 N–H and O–H groups in total. The average molecular weight is 792 g/mol. The summed E-state index contributed by atoms with van der Waals surface area (Å²) in [6, 6.07) is 39.1. The second kappa shape index (κ2) is 22.0. The Balaban J connectivity index is 0.00000324. The SMILES string of the molecule is CC(C)c1cccc(C(C)C)c1N=C(CCc1ccccc1)c1cccnc1C(CCc1ccccc1)=Nc1c(C(C)C)cccc1C(C)C.[Cl-].[Cl-].[Co+2]. The van der Waals surface area contributed by atoms with E-state index in [1.165, 1.54) is 33.4 Å². The first-order valence-corrected chi connectivity index (χ1v) is 18.6. The molecule has 0 fully saturated rings. The van der Waals surface area contributed by atoms with Crippen LogP contribution >= 0.6 is 0 Å². The molecule has 0 unspecified atom stereocenters. The third-order valence-corrected chi connectivity index (χ3v) is 9.56. The molecule has 0 saturated carbocycles. The van der Waals surface area contributed by atoms with Crippen molar-refractivity contribution in [3.63, 3.8) is 0 Å². The van der Waals surface area contributed by atoms with Crippen molar-refractivity contribution in [1.29, 1.82) is 0 Å². The van der Waals surface area contributed by atoms with E-state index in [0.29, 0.717) is 23.7 Å². The topological polar surface area (TPSA) is 37.6 Å². The van der Waals surface area contributed by atoms with Gasteiger partial charge in [0.15, 0.2) is 0 Å². The summed E-state index contributed by atoms with van der Waals surface area (Å²) in [4.78, 5) is 16.5. The van der Waals surface area contributed by atoms with Gasteiger partial charge < -0.3 is 24.8 Å². The van der Waals surface area contributed by atoms with Crippen molar-refractivity contribution in [3.05, 3.63) is 160 Å². The van der Waals surface area contributed by atoms with Crippen LogP contribution in [-0.2, 0) is 29.6 Å². The fraction of sp³-hybridized carbons (Fsp3) is 0.340. The van der Waals surface area contributed by atoms with E-state index >= 15 is 0 Å². The van der Waals surface area contributed by atoms with Crippen LogP contribution in [0.2, 0.25) is 0 Å². The molecule has 0 aliphatic heterocycles. The number of hydrogen-bond donors (Lipinski definition) is 0. The first kappa shape index (κ1) is 45.6. The molecule has 1 radical (unpaired) electrons. The van der Waals surface area contributed by atoms with E-state index in [-0.39, 0.29) is 41.6 Å². The number of benzene rings is 4. The van der Waals surface area contributed by atoms with Gasteiger partial charge in [-0.15, -0.1) is 0 Å². The predicted octanol–water partition coefficient (Wildman–Crippen LogP) is 7.09. The molecule has 281 valence electrons. The fourth-order valence-electron chi connectivity index (χ4n) is 6.71. The Hall–Kier alpha value is -3.54. The first-order valence-electron chi connectivity index (χ1n) is 18.6. The van der Waals surface area contributed by atoms with E-state index in [1.54, 1.807) is 0 Å². The summed E-state index contributed by atoms with van der Waals surface area (Å²) in [6.07, 6.45) is 5.24. The molecule has 0 aliphatic rings. The smallest absolute Gasteiger partial charge is 1.00 e. The van der Waals surface area contributed by atoms with Gasteiger partial charge in [0.2, 0.25) is 0 Å². The molecule has 0 spiro atoms. The molecule has 0 aliphatic carbocycles. The van der Waals surface area contributed by atoms with Crippen LogP contribution in [0.25, 0.3) is 0 Å². The molecule has 6 heteroatoms. The number of halogens is 2. The van der Waals surface area contributed by atoms with Gasteiger partial charge in [-0.05, 0) is 94.9 Å². The molecule has 3 nitrogen and oxygen atoms in total. The Bertz CT molecular complexity index is 1720. The van der Waals surface area contributed by atoms with E-state index in [9.17, 15) is 0 Å². The zero-order valence-corrected chi connectivity index (χ0v) is 35.1. The molecule has 53 heavy (non-hydrogen) atoms. The van der Waals surface area contributed by atoms with Crippen LogP contribution in [0.5, 0.6) is 0 Å². The molecule has 5 rings (SSSR count). The van der Waals surface area contributed by atoms with Gasteiger partial charge in [0.1, 0.15) is 0 Å². The third-order valence-electron chi connectivity index (χ3n) is 9.56. The molecule has 4 aromatic carbocycles. The van der Waals surface area contributed by atoms with Gasteiger partial charge in [0, 0.05) is 11.8 Å². The van der Waals surface area contributed by atoms with E-state index < -0.39 is 0 Å². The molecule has 0 saturated heterocycles. The number of aliphatic imine (C=N–C) groups is 2. The van der Waals surface area contributed by atoms with Crippen molar-refractivity contribution in [1.82, 2.24) is 4.98 Å². The molecule has 0 amide bonds. The van der Waals surface area contributed by atoms with Crippen LogP contribution in [0, 0.1) is 0 Å². The number of hydrogen-bond acceptors (Lipinski definition) is 3. The Morgan fingerprint density at radius 3 is 1.25 bits per heavy atom. The van der Waals surface area contributed by atoms with Gasteiger partial charge in [-0.3, -0.25) is 15.0 Å². The zero-order valence-electron chi connectivity index (χ0n) is 32.5. The summed E-state index contributed by atoms with van der Waals surface area (Å²) in [5, 5.41) is 0. The Kier molecular flexibility index (Phi) is 18.9. The maximum absolute atomic E-state index is 5.67. The van der Waals surface area contributed by atoms with Crippen molar-refractivity contribution in [2.75, 3.05) is 0 Å². The standard InChI is InChI=1S/C47H55N3.2ClH.Co/c1-32(2)38-22-15-23-39(33(3)4)45(38)49-43(29-27-36-18-11-9-12-19-36)42-26-17-31-48-47(42)44(30-28-37-20-13-10-14-21-37)50-46-40(34(5)6)24-16-25-41(46)35(7)8;;;/h9-26,31-35H,27-30H2,1-8H3;2*1H;/q;;;+2/p-2. The minimum Gasteiger partial charge on any atom is -1.00 e. The predicted molar refractivity (Wildman–Crippen MR) is 215 cm³/mol. The summed E-state index contributed by atoms with van der Waals surface area (Å²) < 4.78 is 0. The largest absolute Gasteiger partial charge is 2.00 e. The van der Waals surface area contributed by atoms with Crippen LogP contribution in [0.3, 0.4) is 0 Å². The van der Waals surface area contributed by atoms with E-state index in [4.69, 9.17) is 15.0 Å².